The quantitative estimate of drug-likeness (QED) is 0.836. The summed E-state index contributed by atoms with van der Waals surface area (Å²) in [6.45, 7) is 3.07. The van der Waals surface area contributed by atoms with E-state index < -0.39 is 11.7 Å². The third-order valence-electron chi connectivity index (χ3n) is 3.67. The fourth-order valence-corrected chi connectivity index (χ4v) is 2.84. The molecular weight excluding hydrogens is 332 g/mol. The minimum absolute atomic E-state index is 0.0129. The van der Waals surface area contributed by atoms with Gasteiger partial charge in [-0.15, -0.1) is 0 Å². The molecule has 0 unspecified atom stereocenters. The highest BCUT2D eigenvalue weighted by atomic mass is 35.5. The first kappa shape index (κ1) is 16.8. The molecule has 0 aromatic carbocycles. The fourth-order valence-electron chi connectivity index (χ4n) is 2.69. The van der Waals surface area contributed by atoms with E-state index in [9.17, 15) is 4.79 Å². The number of carbonyl (C=O) groups excluding carboxylic acids is 1. The number of hydrogen-bond acceptors (Lipinski definition) is 6. The van der Waals surface area contributed by atoms with E-state index in [1.54, 1.807) is 18.5 Å². The largest absolute Gasteiger partial charge is 0.343 e. The maximum Gasteiger partial charge on any atom is 0.274 e. The highest BCUT2D eigenvalue weighted by Crippen LogP contribution is 2.39. The predicted octanol–water partition coefficient (Wildman–Crippen LogP) is 2.78. The Morgan fingerprint density at radius 3 is 2.83 bits per heavy atom. The van der Waals surface area contributed by atoms with Crippen LogP contribution in [0, 0.1) is 0 Å². The van der Waals surface area contributed by atoms with Crippen molar-refractivity contribution in [3.8, 4) is 0 Å². The Labute approximate surface area is 144 Å². The Hall–Kier alpha value is -2.09. The zero-order chi connectivity index (χ0) is 17.0. The van der Waals surface area contributed by atoms with Crippen molar-refractivity contribution in [2.75, 3.05) is 18.5 Å². The topological polar surface area (TPSA) is 86.2 Å². The maximum absolute atomic E-state index is 12.4. The van der Waals surface area contributed by atoms with Crippen molar-refractivity contribution >= 4 is 23.2 Å². The van der Waals surface area contributed by atoms with E-state index in [1.807, 2.05) is 0 Å². The number of carbonyl (C=O) groups is 1. The van der Waals surface area contributed by atoms with Crippen LogP contribution < -0.4 is 5.32 Å². The van der Waals surface area contributed by atoms with Gasteiger partial charge in [0.1, 0.15) is 5.69 Å². The fraction of sp³-hybridized carbons (Fsp3) is 0.375. The number of hydrogen-bond donors (Lipinski definition) is 1. The van der Waals surface area contributed by atoms with Crippen LogP contribution in [0.5, 0.6) is 0 Å². The van der Waals surface area contributed by atoms with Crippen LogP contribution in [0.25, 0.3) is 0 Å². The van der Waals surface area contributed by atoms with Gasteiger partial charge in [0.2, 0.25) is 5.28 Å². The molecule has 1 amide bonds. The average Bonchev–Trinajstić information content (AvgIpc) is 3.05. The molecule has 0 bridgehead atoms. The van der Waals surface area contributed by atoms with Gasteiger partial charge in [-0.05, 0) is 23.7 Å². The number of rotatable bonds is 5. The number of anilines is 1. The van der Waals surface area contributed by atoms with Gasteiger partial charge in [-0.25, -0.2) is 9.97 Å². The van der Waals surface area contributed by atoms with Crippen molar-refractivity contribution in [1.29, 1.82) is 0 Å². The lowest BCUT2D eigenvalue weighted by Gasteiger charge is -2.29. The summed E-state index contributed by atoms with van der Waals surface area (Å²) in [6.07, 6.45) is 6.19. The second kappa shape index (κ2) is 7.21. The number of ether oxygens (including phenoxy) is 2. The zero-order valence-electron chi connectivity index (χ0n) is 13.2. The van der Waals surface area contributed by atoms with Gasteiger partial charge in [0.15, 0.2) is 5.79 Å². The number of nitrogens with zero attached hydrogens (tertiary/aromatic N) is 3. The van der Waals surface area contributed by atoms with Crippen molar-refractivity contribution in [2.45, 2.75) is 25.6 Å². The molecule has 1 aliphatic rings. The summed E-state index contributed by atoms with van der Waals surface area (Å²) < 4.78 is 11.7. The van der Waals surface area contributed by atoms with Crippen LogP contribution in [0.3, 0.4) is 0 Å². The molecule has 1 aliphatic heterocycles. The number of nitrogens with one attached hydrogen (secondary N) is 1. The molecule has 0 radical (unpaired) electrons. The highest BCUT2D eigenvalue weighted by molar-refractivity contribution is 6.28. The van der Waals surface area contributed by atoms with Gasteiger partial charge in [-0.1, -0.05) is 13.3 Å². The van der Waals surface area contributed by atoms with Crippen molar-refractivity contribution in [3.05, 3.63) is 47.3 Å². The van der Waals surface area contributed by atoms with E-state index in [0.717, 1.165) is 12.0 Å². The molecular formula is C16H17ClN4O3. The lowest BCUT2D eigenvalue weighted by atomic mass is 10.0. The average molecular weight is 349 g/mol. The van der Waals surface area contributed by atoms with Crippen LogP contribution in [0.2, 0.25) is 5.28 Å². The Balaban J connectivity index is 1.90. The molecule has 8 heteroatoms. The first-order valence-corrected chi connectivity index (χ1v) is 8.05. The molecule has 2 aromatic heterocycles. The lowest BCUT2D eigenvalue weighted by molar-refractivity contribution is -0.170. The van der Waals surface area contributed by atoms with Crippen LogP contribution in [0.4, 0.5) is 5.69 Å². The number of amides is 1. The summed E-state index contributed by atoms with van der Waals surface area (Å²) in [7, 11) is 0. The third-order valence-corrected chi connectivity index (χ3v) is 3.85. The van der Waals surface area contributed by atoms with Crippen molar-refractivity contribution in [2.24, 2.45) is 0 Å². The summed E-state index contributed by atoms with van der Waals surface area (Å²) in [5.41, 5.74) is 1.43. The molecule has 0 saturated carbocycles. The van der Waals surface area contributed by atoms with Gasteiger partial charge >= 0.3 is 0 Å². The zero-order valence-corrected chi connectivity index (χ0v) is 13.9. The minimum atomic E-state index is -0.858. The van der Waals surface area contributed by atoms with E-state index >= 15 is 0 Å². The van der Waals surface area contributed by atoms with Crippen molar-refractivity contribution in [1.82, 2.24) is 15.0 Å². The highest BCUT2D eigenvalue weighted by Gasteiger charge is 2.39. The number of aromatic nitrogens is 3. The van der Waals surface area contributed by atoms with Gasteiger partial charge in [0.25, 0.3) is 5.91 Å². The summed E-state index contributed by atoms with van der Waals surface area (Å²) in [5, 5.41) is 2.82. The standard InChI is InChI=1S/C16H17ClN4O3/c1-2-5-16(23-8-9-24-16)11-3-6-18-10-13(11)20-14(22)12-4-7-19-15(17)21-12/h3-4,6-7,10H,2,5,8-9H2,1H3,(H,20,22). The first-order chi connectivity index (χ1) is 11.6. The second-order valence-corrected chi connectivity index (χ2v) is 5.62. The lowest BCUT2D eigenvalue weighted by Crippen LogP contribution is -2.29. The van der Waals surface area contributed by atoms with Gasteiger partial charge in [0.05, 0.1) is 25.1 Å². The molecule has 0 spiro atoms. The van der Waals surface area contributed by atoms with Crippen LogP contribution in [0.1, 0.15) is 35.8 Å². The van der Waals surface area contributed by atoms with Crippen molar-refractivity contribution in [3.63, 3.8) is 0 Å². The summed E-state index contributed by atoms with van der Waals surface area (Å²) in [4.78, 5) is 24.2. The van der Waals surface area contributed by atoms with E-state index in [-0.39, 0.29) is 11.0 Å². The molecule has 3 rings (SSSR count). The molecule has 0 aliphatic carbocycles. The minimum Gasteiger partial charge on any atom is -0.343 e. The molecule has 1 saturated heterocycles. The normalized spacial score (nSPS) is 16.1. The Bertz CT molecular complexity index is 735. The first-order valence-electron chi connectivity index (χ1n) is 7.67. The number of pyridine rings is 1. The van der Waals surface area contributed by atoms with Crippen LogP contribution >= 0.6 is 11.6 Å². The summed E-state index contributed by atoms with van der Waals surface area (Å²) in [5.74, 6) is -1.26. The van der Waals surface area contributed by atoms with Gasteiger partial charge in [-0.3, -0.25) is 9.78 Å². The van der Waals surface area contributed by atoms with Gasteiger partial charge < -0.3 is 14.8 Å². The smallest absolute Gasteiger partial charge is 0.274 e. The van der Waals surface area contributed by atoms with Crippen LogP contribution in [-0.2, 0) is 15.3 Å². The molecule has 1 fully saturated rings. The predicted molar refractivity (Wildman–Crippen MR) is 87.7 cm³/mol. The number of halogens is 1. The molecule has 24 heavy (non-hydrogen) atoms. The van der Waals surface area contributed by atoms with E-state index in [1.165, 1.54) is 12.3 Å². The SMILES string of the molecule is CCCC1(c2ccncc2NC(=O)c2ccnc(Cl)n2)OCCO1. The maximum atomic E-state index is 12.4. The van der Waals surface area contributed by atoms with E-state index in [2.05, 4.69) is 27.2 Å². The summed E-state index contributed by atoms with van der Waals surface area (Å²) in [6, 6.07) is 3.28. The molecule has 7 nitrogen and oxygen atoms in total. The summed E-state index contributed by atoms with van der Waals surface area (Å²) >= 11 is 5.74. The second-order valence-electron chi connectivity index (χ2n) is 5.29. The van der Waals surface area contributed by atoms with E-state index in [4.69, 9.17) is 21.1 Å². The Kier molecular flexibility index (Phi) is 5.03. The monoisotopic (exact) mass is 348 g/mol. The Morgan fingerprint density at radius 2 is 2.12 bits per heavy atom. The van der Waals surface area contributed by atoms with Gasteiger partial charge in [0, 0.05) is 24.4 Å². The molecule has 1 N–H and O–H groups in total. The van der Waals surface area contributed by atoms with Crippen molar-refractivity contribution < 1.29 is 14.3 Å². The van der Waals surface area contributed by atoms with Crippen LogP contribution in [-0.4, -0.2) is 34.1 Å². The molecule has 126 valence electrons. The van der Waals surface area contributed by atoms with Crippen LogP contribution in [0.15, 0.2) is 30.7 Å². The molecule has 3 heterocycles. The van der Waals surface area contributed by atoms with E-state index in [0.29, 0.717) is 25.3 Å². The third kappa shape index (κ3) is 3.38. The molecule has 2 aromatic rings. The Morgan fingerprint density at radius 1 is 1.33 bits per heavy atom. The van der Waals surface area contributed by atoms with Gasteiger partial charge in [-0.2, -0.15) is 0 Å². The molecule has 0 atom stereocenters.